The van der Waals surface area contributed by atoms with Crippen LogP contribution in [0.25, 0.3) is 5.65 Å². The van der Waals surface area contributed by atoms with E-state index in [1.54, 1.807) is 30.3 Å². The van der Waals surface area contributed by atoms with Gasteiger partial charge in [0.25, 0.3) is 17.4 Å². The second kappa shape index (κ2) is 9.43. The molecule has 30 heavy (non-hydrogen) atoms. The van der Waals surface area contributed by atoms with E-state index >= 15 is 0 Å². The van der Waals surface area contributed by atoms with E-state index in [9.17, 15) is 19.2 Å². The third-order valence-corrected chi connectivity index (χ3v) is 4.10. The Bertz CT molecular complexity index is 1140. The molecule has 3 amide bonds. The first-order valence-corrected chi connectivity index (χ1v) is 9.04. The van der Waals surface area contributed by atoms with Gasteiger partial charge in [-0.25, -0.2) is 4.98 Å². The molecule has 0 aliphatic heterocycles. The van der Waals surface area contributed by atoms with Gasteiger partial charge in [0.15, 0.2) is 5.65 Å². The van der Waals surface area contributed by atoms with Crippen LogP contribution in [0.2, 0.25) is 0 Å². The van der Waals surface area contributed by atoms with E-state index in [1.165, 1.54) is 24.5 Å². The van der Waals surface area contributed by atoms with Gasteiger partial charge >= 0.3 is 0 Å². The van der Waals surface area contributed by atoms with Crippen molar-refractivity contribution in [3.05, 3.63) is 76.3 Å². The van der Waals surface area contributed by atoms with Crippen LogP contribution in [0.3, 0.4) is 0 Å². The van der Waals surface area contributed by atoms with Crippen molar-refractivity contribution in [2.45, 2.75) is 0 Å². The fourth-order valence-corrected chi connectivity index (χ4v) is 2.67. The highest BCUT2D eigenvalue weighted by atomic mass is 16.3. The summed E-state index contributed by atoms with van der Waals surface area (Å²) < 4.78 is 1.14. The third-order valence-electron chi connectivity index (χ3n) is 4.10. The summed E-state index contributed by atoms with van der Waals surface area (Å²) in [6.07, 6.45) is 2.61. The average molecular weight is 409 g/mol. The summed E-state index contributed by atoms with van der Waals surface area (Å²) in [6.45, 7) is -0.425. The highest BCUT2D eigenvalue weighted by Gasteiger charge is 2.16. The summed E-state index contributed by atoms with van der Waals surface area (Å²) in [5, 5.41) is 16.0. The van der Waals surface area contributed by atoms with Crippen molar-refractivity contribution >= 4 is 29.1 Å². The van der Waals surface area contributed by atoms with E-state index in [2.05, 4.69) is 20.9 Å². The first-order chi connectivity index (χ1) is 14.5. The monoisotopic (exact) mass is 409 g/mol. The first-order valence-electron chi connectivity index (χ1n) is 9.04. The van der Waals surface area contributed by atoms with Crippen LogP contribution in [0.1, 0.15) is 20.7 Å². The molecule has 0 aliphatic carbocycles. The number of benzene rings is 1. The minimum absolute atomic E-state index is 0.0395. The quantitative estimate of drug-likeness (QED) is 0.425. The highest BCUT2D eigenvalue weighted by molar-refractivity contribution is 6.04. The van der Waals surface area contributed by atoms with E-state index in [1.807, 2.05) is 0 Å². The van der Waals surface area contributed by atoms with Gasteiger partial charge in [0.05, 0.1) is 24.9 Å². The molecule has 0 fully saturated rings. The van der Waals surface area contributed by atoms with E-state index in [4.69, 9.17) is 5.11 Å². The van der Waals surface area contributed by atoms with Gasteiger partial charge in [-0.15, -0.1) is 0 Å². The molecule has 154 valence electrons. The second-order valence-corrected chi connectivity index (χ2v) is 6.17. The van der Waals surface area contributed by atoms with Crippen molar-refractivity contribution in [2.75, 3.05) is 25.0 Å². The van der Waals surface area contributed by atoms with Gasteiger partial charge < -0.3 is 21.1 Å². The maximum Gasteiger partial charge on any atom is 0.281 e. The SMILES string of the molecule is O=C(CNC(=O)c1cccn2c(=O)c(NC(=O)c3ccccc3)cnc12)NCCO. The van der Waals surface area contributed by atoms with Crippen molar-refractivity contribution in [3.63, 3.8) is 0 Å². The zero-order valence-corrected chi connectivity index (χ0v) is 15.8. The number of aliphatic hydroxyl groups excluding tert-OH is 1. The molecule has 0 saturated carbocycles. The standard InChI is InChI=1S/C20H19N5O5/c26-10-8-21-16(27)12-23-19(29)14-7-4-9-25-17(14)22-11-15(20(25)30)24-18(28)13-5-2-1-3-6-13/h1-7,9,11,26H,8,10,12H2,(H,21,27)(H,23,29)(H,24,28). The van der Waals surface area contributed by atoms with Crippen molar-refractivity contribution < 1.29 is 19.5 Å². The topological polar surface area (TPSA) is 142 Å². The molecule has 2 aromatic heterocycles. The normalized spacial score (nSPS) is 10.4. The van der Waals surface area contributed by atoms with E-state index in [0.29, 0.717) is 5.56 Å². The molecule has 0 radical (unpaired) electrons. The Morgan fingerprint density at radius 3 is 2.50 bits per heavy atom. The number of aromatic nitrogens is 2. The minimum Gasteiger partial charge on any atom is -0.395 e. The van der Waals surface area contributed by atoms with Crippen LogP contribution in [0.5, 0.6) is 0 Å². The summed E-state index contributed by atoms with van der Waals surface area (Å²) in [6, 6.07) is 11.3. The van der Waals surface area contributed by atoms with Gasteiger partial charge in [-0.3, -0.25) is 23.6 Å². The van der Waals surface area contributed by atoms with Crippen molar-refractivity contribution in [3.8, 4) is 0 Å². The van der Waals surface area contributed by atoms with Crippen LogP contribution in [0.15, 0.2) is 59.7 Å². The number of hydrogen-bond acceptors (Lipinski definition) is 6. The maximum absolute atomic E-state index is 12.7. The number of carbonyl (C=O) groups is 3. The summed E-state index contributed by atoms with van der Waals surface area (Å²) in [7, 11) is 0. The van der Waals surface area contributed by atoms with Gasteiger partial charge in [-0.1, -0.05) is 18.2 Å². The van der Waals surface area contributed by atoms with Crippen LogP contribution in [0.4, 0.5) is 5.69 Å². The van der Waals surface area contributed by atoms with Crippen molar-refractivity contribution in [1.82, 2.24) is 20.0 Å². The van der Waals surface area contributed by atoms with E-state index in [-0.39, 0.29) is 36.6 Å². The molecule has 0 aliphatic rings. The lowest BCUT2D eigenvalue weighted by Gasteiger charge is -2.10. The molecule has 0 unspecified atom stereocenters. The summed E-state index contributed by atoms with van der Waals surface area (Å²) in [5.74, 6) is -1.52. The minimum atomic E-state index is -0.597. The zero-order chi connectivity index (χ0) is 21.5. The molecule has 0 spiro atoms. The number of carbonyl (C=O) groups excluding carboxylic acids is 3. The largest absolute Gasteiger partial charge is 0.395 e. The molecule has 3 rings (SSSR count). The zero-order valence-electron chi connectivity index (χ0n) is 15.8. The lowest BCUT2D eigenvalue weighted by atomic mass is 10.2. The molecule has 1 aromatic carbocycles. The Labute approximate surface area is 170 Å². The summed E-state index contributed by atoms with van der Waals surface area (Å²) in [4.78, 5) is 53.2. The Morgan fingerprint density at radius 1 is 1.00 bits per heavy atom. The molecular weight excluding hydrogens is 390 g/mol. The number of rotatable bonds is 7. The van der Waals surface area contributed by atoms with Crippen LogP contribution < -0.4 is 21.5 Å². The molecule has 0 atom stereocenters. The Balaban J connectivity index is 1.81. The predicted octanol–water partition coefficient (Wildman–Crippen LogP) is -0.215. The number of nitrogens with zero attached hydrogens (tertiary/aromatic N) is 2. The molecular formula is C20H19N5O5. The van der Waals surface area contributed by atoms with Gasteiger partial charge in [-0.2, -0.15) is 0 Å². The van der Waals surface area contributed by atoms with E-state index in [0.717, 1.165) is 4.40 Å². The maximum atomic E-state index is 12.7. The number of hydrogen-bond donors (Lipinski definition) is 4. The second-order valence-electron chi connectivity index (χ2n) is 6.17. The number of anilines is 1. The molecule has 10 heteroatoms. The third kappa shape index (κ3) is 4.67. The molecule has 10 nitrogen and oxygen atoms in total. The number of aliphatic hydroxyl groups is 1. The summed E-state index contributed by atoms with van der Waals surface area (Å²) >= 11 is 0. The lowest BCUT2D eigenvalue weighted by Crippen LogP contribution is -2.38. The van der Waals surface area contributed by atoms with E-state index < -0.39 is 23.3 Å². The first kappa shape index (κ1) is 20.7. The van der Waals surface area contributed by atoms with Crippen molar-refractivity contribution in [1.29, 1.82) is 0 Å². The molecule has 0 bridgehead atoms. The number of pyridine rings is 1. The fraction of sp³-hybridized carbons (Fsp3) is 0.150. The fourth-order valence-electron chi connectivity index (χ4n) is 2.67. The Morgan fingerprint density at radius 2 is 1.77 bits per heavy atom. The molecule has 0 saturated heterocycles. The van der Waals surface area contributed by atoms with Crippen LogP contribution in [0, 0.1) is 0 Å². The van der Waals surface area contributed by atoms with Crippen LogP contribution in [-0.2, 0) is 4.79 Å². The highest BCUT2D eigenvalue weighted by Crippen LogP contribution is 2.10. The van der Waals surface area contributed by atoms with Crippen molar-refractivity contribution in [2.24, 2.45) is 0 Å². The number of fused-ring (bicyclic) bond motifs is 1. The molecule has 2 heterocycles. The van der Waals surface area contributed by atoms with Gasteiger partial charge in [-0.05, 0) is 24.3 Å². The van der Waals surface area contributed by atoms with Crippen LogP contribution >= 0.6 is 0 Å². The van der Waals surface area contributed by atoms with Gasteiger partial charge in [0, 0.05) is 18.3 Å². The van der Waals surface area contributed by atoms with Crippen LogP contribution in [-0.4, -0.2) is 51.9 Å². The Hall–Kier alpha value is -4.05. The predicted molar refractivity (Wildman–Crippen MR) is 108 cm³/mol. The number of amides is 3. The number of nitrogens with one attached hydrogen (secondary N) is 3. The molecule has 3 aromatic rings. The average Bonchev–Trinajstić information content (AvgIpc) is 2.78. The smallest absolute Gasteiger partial charge is 0.281 e. The molecule has 4 N–H and O–H groups in total. The summed E-state index contributed by atoms with van der Waals surface area (Å²) in [5.41, 5.74) is -0.0458. The lowest BCUT2D eigenvalue weighted by molar-refractivity contribution is -0.120. The van der Waals surface area contributed by atoms with Gasteiger partial charge in [0.1, 0.15) is 5.69 Å². The van der Waals surface area contributed by atoms with Gasteiger partial charge in [0.2, 0.25) is 5.91 Å². The Kier molecular flexibility index (Phi) is 6.50.